The van der Waals surface area contributed by atoms with Gasteiger partial charge in [-0.1, -0.05) is 38.0 Å². The van der Waals surface area contributed by atoms with Crippen LogP contribution in [-0.4, -0.2) is 30.9 Å². The average molecular weight is 351 g/mol. The first-order valence-electron chi connectivity index (χ1n) is 9.26. The number of para-hydroxylation sites is 1. The second-order valence-corrected chi connectivity index (χ2v) is 7.14. The molecule has 0 spiro atoms. The van der Waals surface area contributed by atoms with Gasteiger partial charge in [0, 0.05) is 24.7 Å². The zero-order valence-corrected chi connectivity index (χ0v) is 16.4. The van der Waals surface area contributed by atoms with Crippen molar-refractivity contribution in [2.24, 2.45) is 0 Å². The lowest BCUT2D eigenvalue weighted by Gasteiger charge is -2.23. The van der Waals surface area contributed by atoms with E-state index in [9.17, 15) is 4.79 Å². The number of unbranched alkanes of at least 4 members (excludes halogenated alkanes) is 1. The minimum Gasteiger partial charge on any atom is -0.494 e. The standard InChI is InChI=1S/C20H34N2O3/c1-6-8-12-17(15-22-19(23)25-20(3,4)5)21-14-16-11-9-10-13-18(16)24-7-2/h9-11,13,17,21H,6-8,12,14-15H2,1-5H3,(H,22,23). The molecule has 0 radical (unpaired) electrons. The fraction of sp³-hybridized carbons (Fsp3) is 0.650. The van der Waals surface area contributed by atoms with E-state index in [-0.39, 0.29) is 12.1 Å². The zero-order valence-electron chi connectivity index (χ0n) is 16.4. The molecule has 0 aliphatic carbocycles. The zero-order chi connectivity index (χ0) is 18.7. The second kappa shape index (κ2) is 11.0. The van der Waals surface area contributed by atoms with E-state index >= 15 is 0 Å². The molecule has 2 N–H and O–H groups in total. The van der Waals surface area contributed by atoms with E-state index in [1.54, 1.807) is 0 Å². The van der Waals surface area contributed by atoms with Crippen molar-refractivity contribution in [1.29, 1.82) is 0 Å². The van der Waals surface area contributed by atoms with Gasteiger partial charge in [-0.05, 0) is 40.2 Å². The number of hydrogen-bond donors (Lipinski definition) is 2. The Morgan fingerprint density at radius 2 is 1.92 bits per heavy atom. The summed E-state index contributed by atoms with van der Waals surface area (Å²) in [5.74, 6) is 0.909. The van der Waals surface area contributed by atoms with Crippen molar-refractivity contribution in [3.63, 3.8) is 0 Å². The van der Waals surface area contributed by atoms with Gasteiger partial charge in [0.2, 0.25) is 0 Å². The van der Waals surface area contributed by atoms with Crippen molar-refractivity contribution in [3.05, 3.63) is 29.8 Å². The summed E-state index contributed by atoms with van der Waals surface area (Å²) in [5, 5.41) is 6.41. The minimum absolute atomic E-state index is 0.196. The summed E-state index contributed by atoms with van der Waals surface area (Å²) in [6.07, 6.45) is 2.87. The van der Waals surface area contributed by atoms with Gasteiger partial charge < -0.3 is 20.1 Å². The first-order chi connectivity index (χ1) is 11.9. The number of ether oxygens (including phenoxy) is 2. The monoisotopic (exact) mass is 350 g/mol. The van der Waals surface area contributed by atoms with Crippen molar-refractivity contribution in [2.45, 2.75) is 72.1 Å². The lowest BCUT2D eigenvalue weighted by molar-refractivity contribution is 0.0521. The molecule has 5 heteroatoms. The summed E-state index contributed by atoms with van der Waals surface area (Å²) in [5.41, 5.74) is 0.649. The van der Waals surface area contributed by atoms with E-state index < -0.39 is 5.60 Å². The third kappa shape index (κ3) is 9.34. The highest BCUT2D eigenvalue weighted by Crippen LogP contribution is 2.18. The van der Waals surface area contributed by atoms with Crippen LogP contribution in [0.25, 0.3) is 0 Å². The number of amides is 1. The van der Waals surface area contributed by atoms with Crippen LogP contribution in [0.5, 0.6) is 5.75 Å². The van der Waals surface area contributed by atoms with Gasteiger partial charge in [0.1, 0.15) is 11.4 Å². The Hall–Kier alpha value is -1.75. The van der Waals surface area contributed by atoms with E-state index in [2.05, 4.69) is 23.6 Å². The van der Waals surface area contributed by atoms with Gasteiger partial charge in [0.05, 0.1) is 6.61 Å². The quantitative estimate of drug-likeness (QED) is 0.662. The lowest BCUT2D eigenvalue weighted by Crippen LogP contribution is -2.42. The first-order valence-corrected chi connectivity index (χ1v) is 9.26. The molecule has 25 heavy (non-hydrogen) atoms. The topological polar surface area (TPSA) is 59.6 Å². The fourth-order valence-electron chi connectivity index (χ4n) is 2.45. The van der Waals surface area contributed by atoms with Gasteiger partial charge in [-0.2, -0.15) is 0 Å². The molecule has 0 aliphatic heterocycles. The first kappa shape index (κ1) is 21.3. The Balaban J connectivity index is 2.57. The van der Waals surface area contributed by atoms with E-state index in [1.807, 2.05) is 45.9 Å². The second-order valence-electron chi connectivity index (χ2n) is 7.14. The summed E-state index contributed by atoms with van der Waals surface area (Å²) in [6.45, 7) is 11.7. The molecule has 0 aromatic heterocycles. The maximum Gasteiger partial charge on any atom is 0.407 e. The van der Waals surface area contributed by atoms with Crippen LogP contribution >= 0.6 is 0 Å². The number of carbonyl (C=O) groups excluding carboxylic acids is 1. The molecule has 1 aromatic carbocycles. The highest BCUT2D eigenvalue weighted by molar-refractivity contribution is 5.67. The molecule has 1 rings (SSSR count). The molecule has 5 nitrogen and oxygen atoms in total. The number of hydrogen-bond acceptors (Lipinski definition) is 4. The number of nitrogens with one attached hydrogen (secondary N) is 2. The van der Waals surface area contributed by atoms with Gasteiger partial charge in [-0.3, -0.25) is 0 Å². The molecular weight excluding hydrogens is 316 g/mol. The maximum atomic E-state index is 11.9. The molecule has 1 amide bonds. The Labute approximate surface area is 152 Å². The summed E-state index contributed by atoms with van der Waals surface area (Å²) in [4.78, 5) is 11.9. The van der Waals surface area contributed by atoms with Crippen molar-refractivity contribution in [1.82, 2.24) is 10.6 Å². The smallest absolute Gasteiger partial charge is 0.407 e. The number of carbonyl (C=O) groups is 1. The third-order valence-corrected chi connectivity index (χ3v) is 3.65. The molecule has 1 atom stereocenters. The van der Waals surface area contributed by atoms with Crippen LogP contribution in [0.15, 0.2) is 24.3 Å². The number of rotatable bonds is 10. The SMILES string of the molecule is CCCCC(CNC(=O)OC(C)(C)C)NCc1ccccc1OCC. The van der Waals surface area contributed by atoms with E-state index in [0.717, 1.165) is 30.6 Å². The van der Waals surface area contributed by atoms with Crippen LogP contribution in [0.3, 0.4) is 0 Å². The summed E-state index contributed by atoms with van der Waals surface area (Å²) in [6, 6.07) is 8.24. The van der Waals surface area contributed by atoms with Crippen LogP contribution in [-0.2, 0) is 11.3 Å². The molecule has 0 fully saturated rings. The maximum absolute atomic E-state index is 11.9. The molecule has 1 aromatic rings. The minimum atomic E-state index is -0.479. The summed E-state index contributed by atoms with van der Waals surface area (Å²) < 4.78 is 11.0. The van der Waals surface area contributed by atoms with Gasteiger partial charge in [-0.15, -0.1) is 0 Å². The fourth-order valence-corrected chi connectivity index (χ4v) is 2.45. The summed E-state index contributed by atoms with van der Waals surface area (Å²) in [7, 11) is 0. The highest BCUT2D eigenvalue weighted by Gasteiger charge is 2.17. The largest absolute Gasteiger partial charge is 0.494 e. The Kier molecular flexibility index (Phi) is 9.35. The van der Waals surface area contributed by atoms with Crippen molar-refractivity contribution in [3.8, 4) is 5.75 Å². The van der Waals surface area contributed by atoms with E-state index in [0.29, 0.717) is 19.7 Å². The van der Waals surface area contributed by atoms with Gasteiger partial charge in [0.15, 0.2) is 0 Å². The van der Waals surface area contributed by atoms with Gasteiger partial charge in [0.25, 0.3) is 0 Å². The molecule has 142 valence electrons. The molecule has 0 saturated carbocycles. The van der Waals surface area contributed by atoms with Crippen LogP contribution in [0.1, 0.15) is 59.4 Å². The molecule has 0 saturated heterocycles. The number of benzene rings is 1. The average Bonchev–Trinajstić information content (AvgIpc) is 2.54. The summed E-state index contributed by atoms with van der Waals surface area (Å²) >= 11 is 0. The van der Waals surface area contributed by atoms with Crippen LogP contribution in [0, 0.1) is 0 Å². The molecular formula is C20H34N2O3. The Morgan fingerprint density at radius 1 is 1.20 bits per heavy atom. The van der Waals surface area contributed by atoms with E-state index in [1.165, 1.54) is 0 Å². The van der Waals surface area contributed by atoms with Gasteiger partial charge >= 0.3 is 6.09 Å². The molecule has 0 bridgehead atoms. The normalized spacial score (nSPS) is 12.5. The van der Waals surface area contributed by atoms with Crippen molar-refractivity contribution >= 4 is 6.09 Å². The van der Waals surface area contributed by atoms with Crippen molar-refractivity contribution < 1.29 is 14.3 Å². The molecule has 0 aliphatic rings. The number of alkyl carbamates (subject to hydrolysis) is 1. The predicted octanol–water partition coefficient (Wildman–Crippen LogP) is 4.26. The van der Waals surface area contributed by atoms with E-state index in [4.69, 9.17) is 9.47 Å². The van der Waals surface area contributed by atoms with Crippen molar-refractivity contribution in [2.75, 3.05) is 13.2 Å². The van der Waals surface area contributed by atoms with Gasteiger partial charge in [-0.25, -0.2) is 4.79 Å². The van der Waals surface area contributed by atoms with Crippen LogP contribution in [0.2, 0.25) is 0 Å². The Bertz CT molecular complexity index is 512. The third-order valence-electron chi connectivity index (χ3n) is 3.65. The van der Waals surface area contributed by atoms with Crippen LogP contribution < -0.4 is 15.4 Å². The molecule has 0 heterocycles. The van der Waals surface area contributed by atoms with Crippen LogP contribution in [0.4, 0.5) is 4.79 Å². The Morgan fingerprint density at radius 3 is 2.56 bits per heavy atom. The lowest BCUT2D eigenvalue weighted by atomic mass is 10.1. The molecule has 1 unspecified atom stereocenters. The predicted molar refractivity (Wildman–Crippen MR) is 102 cm³/mol. The highest BCUT2D eigenvalue weighted by atomic mass is 16.6.